The number of hydrogen-bond acceptors (Lipinski definition) is 7. The fourth-order valence-corrected chi connectivity index (χ4v) is 2.54. The Morgan fingerprint density at radius 3 is 2.41 bits per heavy atom. The van der Waals surface area contributed by atoms with Crippen LogP contribution in [0.3, 0.4) is 0 Å². The van der Waals surface area contributed by atoms with Crippen LogP contribution in [0.25, 0.3) is 0 Å². The van der Waals surface area contributed by atoms with Gasteiger partial charge in [-0.1, -0.05) is 12.1 Å². The van der Waals surface area contributed by atoms with Crippen LogP contribution in [0.5, 0.6) is 17.2 Å². The number of carbonyl (C=O) groups is 2. The van der Waals surface area contributed by atoms with E-state index in [0.29, 0.717) is 29.6 Å². The normalized spacial score (nSPS) is 10.5. The molecule has 0 aliphatic heterocycles. The number of amides is 2. The monoisotopic (exact) mass is 437 g/mol. The van der Waals surface area contributed by atoms with Crippen molar-refractivity contribution in [2.24, 2.45) is 5.10 Å². The third-order valence-corrected chi connectivity index (χ3v) is 4.12. The second-order valence-corrected chi connectivity index (χ2v) is 6.45. The molecule has 0 aliphatic rings. The van der Waals surface area contributed by atoms with Gasteiger partial charge in [-0.2, -0.15) is 5.10 Å². The number of rotatable bonds is 11. The van der Waals surface area contributed by atoms with E-state index < -0.39 is 5.91 Å². The van der Waals surface area contributed by atoms with Crippen molar-refractivity contribution in [2.45, 2.75) is 6.54 Å². The smallest absolute Gasteiger partial charge is 0.277 e. The van der Waals surface area contributed by atoms with Crippen LogP contribution in [0.1, 0.15) is 11.3 Å². The molecule has 0 aliphatic carbocycles. The second-order valence-electron chi connectivity index (χ2n) is 6.45. The first-order valence-corrected chi connectivity index (χ1v) is 9.73. The number of nitrogens with zero attached hydrogens (tertiary/aromatic N) is 1. The van der Waals surface area contributed by atoms with Crippen LogP contribution >= 0.6 is 0 Å². The first-order valence-electron chi connectivity index (χ1n) is 9.73. The van der Waals surface area contributed by atoms with Gasteiger partial charge in [-0.05, 0) is 54.1 Å². The Morgan fingerprint density at radius 2 is 1.69 bits per heavy atom. The zero-order valence-electron chi connectivity index (χ0n) is 17.4. The summed E-state index contributed by atoms with van der Waals surface area (Å²) in [6.45, 7) is -0.0108. The first-order chi connectivity index (χ1) is 15.6. The fraction of sp³-hybridized carbons (Fsp3) is 0.174. The maximum Gasteiger partial charge on any atom is 0.277 e. The summed E-state index contributed by atoms with van der Waals surface area (Å²) in [6.07, 6.45) is 3.03. The van der Waals surface area contributed by atoms with Crippen molar-refractivity contribution in [2.75, 3.05) is 20.3 Å². The molecule has 0 saturated carbocycles. The third-order valence-electron chi connectivity index (χ3n) is 4.12. The summed E-state index contributed by atoms with van der Waals surface area (Å²) in [5, 5.41) is 6.60. The van der Waals surface area contributed by atoms with Crippen LogP contribution in [0.15, 0.2) is 76.4 Å². The van der Waals surface area contributed by atoms with Crippen LogP contribution in [0.2, 0.25) is 0 Å². The quantitative estimate of drug-likeness (QED) is 0.352. The molecule has 1 heterocycles. The van der Waals surface area contributed by atoms with Gasteiger partial charge in [0.25, 0.3) is 11.8 Å². The molecular formula is C23H23N3O6. The zero-order chi connectivity index (χ0) is 22.6. The number of ether oxygens (including phenoxy) is 3. The van der Waals surface area contributed by atoms with Gasteiger partial charge in [-0.3, -0.25) is 9.59 Å². The summed E-state index contributed by atoms with van der Waals surface area (Å²) >= 11 is 0. The number of carbonyl (C=O) groups excluding carboxylic acids is 2. The molecule has 1 aromatic heterocycles. The highest BCUT2D eigenvalue weighted by Crippen LogP contribution is 2.25. The summed E-state index contributed by atoms with van der Waals surface area (Å²) in [5.41, 5.74) is 3.13. The Balaban J connectivity index is 1.37. The van der Waals surface area contributed by atoms with Crippen LogP contribution < -0.4 is 25.0 Å². The molecule has 32 heavy (non-hydrogen) atoms. The Labute approximate surface area is 185 Å². The molecule has 2 N–H and O–H groups in total. The molecule has 0 saturated heterocycles. The summed E-state index contributed by atoms with van der Waals surface area (Å²) in [4.78, 5) is 23.7. The molecule has 0 atom stereocenters. The molecule has 0 fully saturated rings. The Hall–Kier alpha value is -4.27. The molecule has 0 radical (unpaired) electrons. The second kappa shape index (κ2) is 11.8. The van der Waals surface area contributed by atoms with Gasteiger partial charge in [0.15, 0.2) is 24.7 Å². The number of hydrazone groups is 1. The van der Waals surface area contributed by atoms with Crippen LogP contribution in [0.4, 0.5) is 0 Å². The van der Waals surface area contributed by atoms with E-state index in [9.17, 15) is 9.59 Å². The van der Waals surface area contributed by atoms with Gasteiger partial charge in [-0.25, -0.2) is 5.43 Å². The maximum atomic E-state index is 11.9. The number of nitrogens with one attached hydrogen (secondary N) is 2. The van der Waals surface area contributed by atoms with Gasteiger partial charge in [0.2, 0.25) is 0 Å². The molecule has 3 rings (SSSR count). The minimum atomic E-state index is -0.410. The van der Waals surface area contributed by atoms with Crippen LogP contribution in [-0.2, 0) is 16.1 Å². The van der Waals surface area contributed by atoms with Crippen molar-refractivity contribution in [1.82, 2.24) is 10.7 Å². The number of para-hydroxylation sites is 2. The minimum Gasteiger partial charge on any atom is -0.493 e. The molecule has 0 unspecified atom stereocenters. The van der Waals surface area contributed by atoms with Crippen molar-refractivity contribution in [3.8, 4) is 17.2 Å². The van der Waals surface area contributed by atoms with Gasteiger partial charge < -0.3 is 23.9 Å². The van der Waals surface area contributed by atoms with E-state index >= 15 is 0 Å². The van der Waals surface area contributed by atoms with Gasteiger partial charge >= 0.3 is 0 Å². The third kappa shape index (κ3) is 7.21. The highest BCUT2D eigenvalue weighted by atomic mass is 16.5. The maximum absolute atomic E-state index is 11.9. The average molecular weight is 437 g/mol. The van der Waals surface area contributed by atoms with E-state index in [1.54, 1.807) is 60.9 Å². The SMILES string of the molecule is COc1ccccc1OCC(=O)N/N=C\c1ccc(OCC(=O)NCc2ccco2)cc1. The number of hydrogen-bond donors (Lipinski definition) is 2. The van der Waals surface area contributed by atoms with E-state index in [1.807, 2.05) is 6.07 Å². The molecular weight excluding hydrogens is 414 g/mol. The predicted molar refractivity (Wildman–Crippen MR) is 117 cm³/mol. The van der Waals surface area contributed by atoms with Gasteiger partial charge in [0, 0.05) is 0 Å². The van der Waals surface area contributed by atoms with Crippen molar-refractivity contribution in [1.29, 1.82) is 0 Å². The highest BCUT2D eigenvalue weighted by molar-refractivity contribution is 5.83. The summed E-state index contributed by atoms with van der Waals surface area (Å²) in [5.74, 6) is 1.54. The lowest BCUT2D eigenvalue weighted by molar-refractivity contribution is -0.123. The van der Waals surface area contributed by atoms with E-state index in [2.05, 4.69) is 15.8 Å². The summed E-state index contributed by atoms with van der Waals surface area (Å²) in [6, 6.07) is 17.5. The largest absolute Gasteiger partial charge is 0.493 e. The number of benzene rings is 2. The number of furan rings is 1. The molecule has 0 bridgehead atoms. The lowest BCUT2D eigenvalue weighted by atomic mass is 10.2. The molecule has 0 spiro atoms. The first kappa shape index (κ1) is 22.4. The Kier molecular flexibility index (Phi) is 8.26. The molecule has 9 nitrogen and oxygen atoms in total. The van der Waals surface area contributed by atoms with Crippen molar-refractivity contribution in [3.05, 3.63) is 78.3 Å². The molecule has 9 heteroatoms. The van der Waals surface area contributed by atoms with E-state index in [0.717, 1.165) is 5.56 Å². The van der Waals surface area contributed by atoms with Crippen LogP contribution in [0, 0.1) is 0 Å². The van der Waals surface area contributed by atoms with Crippen molar-refractivity contribution >= 4 is 18.0 Å². The van der Waals surface area contributed by atoms with Gasteiger partial charge in [0.1, 0.15) is 11.5 Å². The van der Waals surface area contributed by atoms with E-state index in [1.165, 1.54) is 13.3 Å². The van der Waals surface area contributed by atoms with Gasteiger partial charge in [-0.15, -0.1) is 0 Å². The Bertz CT molecular complexity index is 1030. The Morgan fingerprint density at radius 1 is 0.938 bits per heavy atom. The lowest BCUT2D eigenvalue weighted by Gasteiger charge is -2.09. The summed E-state index contributed by atoms with van der Waals surface area (Å²) < 4.78 is 21.2. The van der Waals surface area contributed by atoms with Crippen LogP contribution in [-0.4, -0.2) is 38.4 Å². The topological polar surface area (TPSA) is 111 Å². The lowest BCUT2D eigenvalue weighted by Crippen LogP contribution is -2.28. The summed E-state index contributed by atoms with van der Waals surface area (Å²) in [7, 11) is 1.53. The predicted octanol–water partition coefficient (Wildman–Crippen LogP) is 2.51. The highest BCUT2D eigenvalue weighted by Gasteiger charge is 2.06. The van der Waals surface area contributed by atoms with Gasteiger partial charge in [0.05, 0.1) is 26.1 Å². The zero-order valence-corrected chi connectivity index (χ0v) is 17.4. The molecule has 2 amide bonds. The molecule has 166 valence electrons. The average Bonchev–Trinajstić information content (AvgIpc) is 3.35. The minimum absolute atomic E-state index is 0.115. The van der Waals surface area contributed by atoms with Crippen molar-refractivity contribution < 1.29 is 28.2 Å². The standard InChI is InChI=1S/C23H23N3O6/c1-29-20-6-2-3-7-21(20)32-16-23(28)26-25-13-17-8-10-18(11-9-17)31-15-22(27)24-14-19-5-4-12-30-19/h2-13H,14-16H2,1H3,(H,24,27)(H,26,28)/b25-13-. The fourth-order valence-electron chi connectivity index (χ4n) is 2.54. The van der Waals surface area contributed by atoms with Crippen molar-refractivity contribution in [3.63, 3.8) is 0 Å². The molecule has 2 aromatic carbocycles. The molecule has 3 aromatic rings. The van der Waals surface area contributed by atoms with E-state index in [4.69, 9.17) is 18.6 Å². The van der Waals surface area contributed by atoms with E-state index in [-0.39, 0.29) is 19.1 Å². The number of methoxy groups -OCH3 is 1.